The quantitative estimate of drug-likeness (QED) is 0.774. The van der Waals surface area contributed by atoms with Crippen LogP contribution < -0.4 is 10.2 Å². The van der Waals surface area contributed by atoms with E-state index in [0.29, 0.717) is 17.9 Å². The maximum Gasteiger partial charge on any atom is 0.143 e. The monoisotopic (exact) mass is 256 g/mol. The second kappa shape index (κ2) is 3.99. The van der Waals surface area contributed by atoms with Crippen molar-refractivity contribution < 1.29 is 4.79 Å². The van der Waals surface area contributed by atoms with Crippen molar-refractivity contribution in [3.63, 3.8) is 0 Å². The van der Waals surface area contributed by atoms with Crippen molar-refractivity contribution in [3.8, 4) is 0 Å². The van der Waals surface area contributed by atoms with Crippen LogP contribution in [0.2, 0.25) is 0 Å². The topological polar surface area (TPSA) is 32.3 Å². The summed E-state index contributed by atoms with van der Waals surface area (Å²) in [6.45, 7) is 0. The lowest BCUT2D eigenvalue weighted by Crippen LogP contribution is -2.51. The lowest BCUT2D eigenvalue weighted by molar-refractivity contribution is -0.123. The van der Waals surface area contributed by atoms with E-state index in [2.05, 4.69) is 41.5 Å². The maximum absolute atomic E-state index is 12.6. The summed E-state index contributed by atoms with van der Waals surface area (Å²) in [6, 6.07) is 9.09. The van der Waals surface area contributed by atoms with Gasteiger partial charge in [-0.05, 0) is 25.0 Å². The van der Waals surface area contributed by atoms with E-state index in [4.69, 9.17) is 0 Å². The normalized spacial score (nSPS) is 36.3. The molecule has 1 N–H and O–H groups in total. The molecule has 2 fully saturated rings. The zero-order valence-corrected chi connectivity index (χ0v) is 11.3. The molecule has 2 saturated carbocycles. The minimum absolute atomic E-state index is 0.230. The number of hydrogen-bond acceptors (Lipinski definition) is 3. The molecule has 3 aliphatic rings. The highest BCUT2D eigenvalue weighted by Gasteiger charge is 2.53. The van der Waals surface area contributed by atoms with E-state index in [1.54, 1.807) is 0 Å². The number of hydrogen-bond donors (Lipinski definition) is 1. The third kappa shape index (κ3) is 1.47. The van der Waals surface area contributed by atoms with Crippen molar-refractivity contribution in [1.29, 1.82) is 0 Å². The summed E-state index contributed by atoms with van der Waals surface area (Å²) in [6.07, 6.45) is 4.57. The number of rotatable bonds is 0. The van der Waals surface area contributed by atoms with E-state index in [-0.39, 0.29) is 11.8 Å². The summed E-state index contributed by atoms with van der Waals surface area (Å²) in [5.41, 5.74) is 2.42. The number of likely N-dealkylation sites (N-methyl/N-ethyl adjacent to an activating group) is 1. The minimum Gasteiger partial charge on any atom is -0.378 e. The molecule has 2 aliphatic carbocycles. The van der Waals surface area contributed by atoms with Gasteiger partial charge in [0, 0.05) is 18.9 Å². The molecular weight excluding hydrogens is 236 g/mol. The van der Waals surface area contributed by atoms with Crippen LogP contribution in [0.5, 0.6) is 0 Å². The number of para-hydroxylation sites is 2. The fraction of sp³-hybridized carbons (Fsp3) is 0.562. The summed E-state index contributed by atoms with van der Waals surface area (Å²) in [5.74, 6) is 0.983. The van der Waals surface area contributed by atoms with Crippen molar-refractivity contribution in [2.24, 2.45) is 11.8 Å². The minimum atomic E-state index is 0.230. The summed E-state index contributed by atoms with van der Waals surface area (Å²) >= 11 is 0. The number of Topliss-reactive ketones (excluding diaryl/α,β-unsaturated/α-hetero) is 1. The second-order valence-corrected chi connectivity index (χ2v) is 6.19. The highest BCUT2D eigenvalue weighted by atomic mass is 16.1. The van der Waals surface area contributed by atoms with Crippen LogP contribution in [0, 0.1) is 11.8 Å². The van der Waals surface area contributed by atoms with Gasteiger partial charge in [-0.3, -0.25) is 4.79 Å². The Labute approximate surface area is 114 Å². The third-order valence-electron chi connectivity index (χ3n) is 5.28. The van der Waals surface area contributed by atoms with E-state index in [1.807, 2.05) is 0 Å². The number of benzene rings is 1. The molecule has 0 saturated heterocycles. The number of anilines is 2. The van der Waals surface area contributed by atoms with Crippen LogP contribution in [0.25, 0.3) is 0 Å². The Bertz CT molecular complexity index is 527. The van der Waals surface area contributed by atoms with Crippen molar-refractivity contribution in [2.75, 3.05) is 17.3 Å². The van der Waals surface area contributed by atoms with Crippen molar-refractivity contribution in [3.05, 3.63) is 24.3 Å². The highest BCUT2D eigenvalue weighted by molar-refractivity contribution is 5.91. The van der Waals surface area contributed by atoms with Gasteiger partial charge < -0.3 is 10.2 Å². The highest BCUT2D eigenvalue weighted by Crippen LogP contribution is 2.46. The predicted octanol–water partition coefficient (Wildman–Crippen LogP) is 2.67. The van der Waals surface area contributed by atoms with Gasteiger partial charge in [0.25, 0.3) is 0 Å². The Kier molecular flexibility index (Phi) is 2.38. The Morgan fingerprint density at radius 1 is 1.16 bits per heavy atom. The molecule has 0 spiro atoms. The Morgan fingerprint density at radius 2 is 1.89 bits per heavy atom. The SMILES string of the molecule is CN1c2ccccc2NC2C3CCCCC(C3=O)C21. The summed E-state index contributed by atoms with van der Waals surface area (Å²) in [5, 5.41) is 3.66. The van der Waals surface area contributed by atoms with E-state index in [9.17, 15) is 4.79 Å². The van der Waals surface area contributed by atoms with E-state index in [1.165, 1.54) is 24.2 Å². The predicted molar refractivity (Wildman–Crippen MR) is 76.5 cm³/mol. The van der Waals surface area contributed by atoms with Gasteiger partial charge in [0.15, 0.2) is 0 Å². The van der Waals surface area contributed by atoms with E-state index >= 15 is 0 Å². The molecule has 1 heterocycles. The molecule has 1 aromatic carbocycles. The first-order chi connectivity index (χ1) is 9.27. The van der Waals surface area contributed by atoms with Crippen LogP contribution in [0.1, 0.15) is 25.7 Å². The summed E-state index contributed by atoms with van der Waals surface area (Å²) in [7, 11) is 2.15. The molecule has 19 heavy (non-hydrogen) atoms. The van der Waals surface area contributed by atoms with Crippen LogP contribution in [-0.4, -0.2) is 24.9 Å². The molecule has 1 aliphatic heterocycles. The number of carbonyl (C=O) groups excluding carboxylic acids is 1. The zero-order valence-electron chi connectivity index (χ0n) is 11.3. The molecule has 0 aromatic heterocycles. The molecular formula is C16H20N2O. The van der Waals surface area contributed by atoms with Crippen LogP contribution >= 0.6 is 0 Å². The van der Waals surface area contributed by atoms with Gasteiger partial charge in [-0.2, -0.15) is 0 Å². The number of carbonyl (C=O) groups is 1. The Balaban J connectivity index is 1.80. The van der Waals surface area contributed by atoms with Crippen LogP contribution in [0.3, 0.4) is 0 Å². The van der Waals surface area contributed by atoms with Crippen LogP contribution in [0.4, 0.5) is 11.4 Å². The smallest absolute Gasteiger partial charge is 0.143 e. The largest absolute Gasteiger partial charge is 0.378 e. The molecule has 4 rings (SSSR count). The van der Waals surface area contributed by atoms with Crippen LogP contribution in [-0.2, 0) is 4.79 Å². The number of nitrogens with zero attached hydrogens (tertiary/aromatic N) is 1. The lowest BCUT2D eigenvalue weighted by Gasteiger charge is -2.42. The molecule has 0 amide bonds. The van der Waals surface area contributed by atoms with Gasteiger partial charge in [-0.15, -0.1) is 0 Å². The molecule has 3 heteroatoms. The first-order valence-electron chi connectivity index (χ1n) is 7.39. The molecule has 100 valence electrons. The van der Waals surface area contributed by atoms with Gasteiger partial charge in [0.05, 0.1) is 23.5 Å². The first-order valence-corrected chi connectivity index (χ1v) is 7.39. The maximum atomic E-state index is 12.6. The second-order valence-electron chi connectivity index (χ2n) is 6.19. The standard InChI is InChI=1S/C16H20N2O/c1-18-13-9-5-4-8-12(13)17-14-10-6-2-3-7-11(15(14)18)16(10)19/h4-5,8-11,14-15,17H,2-3,6-7H2,1H3. The van der Waals surface area contributed by atoms with Gasteiger partial charge in [0.2, 0.25) is 0 Å². The molecule has 1 aromatic rings. The zero-order chi connectivity index (χ0) is 13.0. The Morgan fingerprint density at radius 3 is 2.74 bits per heavy atom. The lowest BCUT2D eigenvalue weighted by atomic mass is 9.89. The fourth-order valence-electron chi connectivity index (χ4n) is 4.41. The van der Waals surface area contributed by atoms with E-state index in [0.717, 1.165) is 12.8 Å². The average Bonchev–Trinajstić information content (AvgIpc) is 2.55. The van der Waals surface area contributed by atoms with E-state index < -0.39 is 0 Å². The molecule has 3 nitrogen and oxygen atoms in total. The van der Waals surface area contributed by atoms with Crippen molar-refractivity contribution >= 4 is 17.2 Å². The molecule has 0 radical (unpaired) electrons. The molecule has 4 unspecified atom stereocenters. The van der Waals surface area contributed by atoms with Crippen LogP contribution in [0.15, 0.2) is 24.3 Å². The third-order valence-corrected chi connectivity index (χ3v) is 5.28. The molecule has 2 bridgehead atoms. The first kappa shape index (κ1) is 11.3. The Hall–Kier alpha value is -1.51. The number of nitrogens with one attached hydrogen (secondary N) is 1. The average molecular weight is 256 g/mol. The van der Waals surface area contributed by atoms with Gasteiger partial charge >= 0.3 is 0 Å². The van der Waals surface area contributed by atoms with Gasteiger partial charge in [0.1, 0.15) is 5.78 Å². The summed E-state index contributed by atoms with van der Waals surface area (Å²) in [4.78, 5) is 15.0. The van der Waals surface area contributed by atoms with Gasteiger partial charge in [-0.25, -0.2) is 0 Å². The summed E-state index contributed by atoms with van der Waals surface area (Å²) < 4.78 is 0. The molecule has 4 atom stereocenters. The number of ketones is 1. The van der Waals surface area contributed by atoms with Crippen molar-refractivity contribution in [2.45, 2.75) is 37.8 Å². The number of fused-ring (bicyclic) bond motifs is 6. The fourth-order valence-corrected chi connectivity index (χ4v) is 4.41. The van der Waals surface area contributed by atoms with Crippen molar-refractivity contribution in [1.82, 2.24) is 0 Å². The van der Waals surface area contributed by atoms with Gasteiger partial charge in [-0.1, -0.05) is 25.0 Å².